The fourth-order valence-electron chi connectivity index (χ4n) is 0.736. The summed E-state index contributed by atoms with van der Waals surface area (Å²) < 4.78 is 0. The number of hydrogen-bond donors (Lipinski definition) is 1. The zero-order valence-corrected chi connectivity index (χ0v) is 6.98. The Morgan fingerprint density at radius 3 is 2.90 bits per heavy atom. The van der Waals surface area contributed by atoms with Crippen molar-refractivity contribution in [3.05, 3.63) is 16.1 Å². The third kappa shape index (κ3) is 2.06. The summed E-state index contributed by atoms with van der Waals surface area (Å²) in [6.45, 7) is 2.72. The molecule has 0 saturated carbocycles. The van der Waals surface area contributed by atoms with Crippen LogP contribution in [0.25, 0.3) is 0 Å². The minimum absolute atomic E-state index is 0.727. The first-order chi connectivity index (χ1) is 4.68. The molecule has 0 saturated heterocycles. The second-order valence-corrected chi connectivity index (χ2v) is 3.34. The summed E-state index contributed by atoms with van der Waals surface area (Å²) in [6, 6.07) is 0. The smallest absolute Gasteiger partial charge is 0.0897 e. The first-order valence-electron chi connectivity index (χ1n) is 3.05. The van der Waals surface area contributed by atoms with Crippen LogP contribution >= 0.6 is 11.3 Å². The molecule has 0 amide bonds. The fraction of sp³-hybridized carbons (Fsp3) is 0.500. The van der Waals surface area contributed by atoms with Gasteiger partial charge < -0.3 is 0 Å². The molecule has 0 aliphatic heterocycles. The molecule has 0 unspecified atom stereocenters. The van der Waals surface area contributed by atoms with Crippen LogP contribution in [0.3, 0.4) is 0 Å². The lowest BCUT2D eigenvalue weighted by atomic mass is 10.5. The Labute approximate surface area is 64.5 Å². The quantitative estimate of drug-likeness (QED) is 0.509. The van der Waals surface area contributed by atoms with Crippen molar-refractivity contribution in [3.8, 4) is 0 Å². The molecule has 0 aromatic carbocycles. The molecule has 0 spiro atoms. The van der Waals surface area contributed by atoms with Crippen LogP contribution in [0.5, 0.6) is 0 Å². The Morgan fingerprint density at radius 1 is 1.80 bits per heavy atom. The Kier molecular flexibility index (Phi) is 2.37. The second-order valence-electron chi connectivity index (χ2n) is 2.27. The zero-order valence-electron chi connectivity index (χ0n) is 6.16. The van der Waals surface area contributed by atoms with E-state index in [9.17, 15) is 0 Å². The van der Waals surface area contributed by atoms with E-state index < -0.39 is 0 Å². The van der Waals surface area contributed by atoms with Gasteiger partial charge in [-0.05, 0) is 6.92 Å². The number of hydrazine groups is 1. The molecule has 0 fully saturated rings. The van der Waals surface area contributed by atoms with Gasteiger partial charge in [0.25, 0.3) is 0 Å². The molecule has 0 bridgehead atoms. The second kappa shape index (κ2) is 3.09. The predicted molar refractivity (Wildman–Crippen MR) is 42.5 cm³/mol. The molecule has 4 heteroatoms. The molecule has 1 rings (SSSR count). The average Bonchev–Trinajstić information content (AvgIpc) is 2.13. The summed E-state index contributed by atoms with van der Waals surface area (Å²) in [6.07, 6.45) is 0. The molecule has 0 aliphatic carbocycles. The van der Waals surface area contributed by atoms with Crippen LogP contribution in [0.1, 0.15) is 10.7 Å². The number of thiazole rings is 1. The van der Waals surface area contributed by atoms with Gasteiger partial charge in [0, 0.05) is 12.4 Å². The average molecular weight is 157 g/mol. The van der Waals surface area contributed by atoms with Gasteiger partial charge in [0.05, 0.1) is 17.2 Å². The summed E-state index contributed by atoms with van der Waals surface area (Å²) in [4.78, 5) is 4.25. The number of hydrogen-bond acceptors (Lipinski definition) is 4. The molecule has 1 aromatic heterocycles. The molecule has 0 aliphatic rings. The minimum atomic E-state index is 0.727. The molecule has 2 N–H and O–H groups in total. The number of nitrogens with two attached hydrogens (primary N) is 1. The summed E-state index contributed by atoms with van der Waals surface area (Å²) in [7, 11) is 1.83. The molecule has 56 valence electrons. The molecule has 1 heterocycles. The Bertz CT molecular complexity index is 207. The van der Waals surface area contributed by atoms with Gasteiger partial charge in [-0.25, -0.2) is 9.99 Å². The molecule has 10 heavy (non-hydrogen) atoms. The van der Waals surface area contributed by atoms with Gasteiger partial charge in [0.2, 0.25) is 0 Å². The van der Waals surface area contributed by atoms with Crippen molar-refractivity contribution in [1.29, 1.82) is 0 Å². The van der Waals surface area contributed by atoms with Gasteiger partial charge in [-0.15, -0.1) is 11.3 Å². The van der Waals surface area contributed by atoms with Crippen LogP contribution in [-0.2, 0) is 6.54 Å². The number of aromatic nitrogens is 1. The molecule has 1 aromatic rings. The van der Waals surface area contributed by atoms with Crippen LogP contribution < -0.4 is 5.84 Å². The summed E-state index contributed by atoms with van der Waals surface area (Å²) in [5.41, 5.74) is 1.05. The highest BCUT2D eigenvalue weighted by Crippen LogP contribution is 2.07. The monoisotopic (exact) mass is 157 g/mol. The number of nitrogens with zero attached hydrogens (tertiary/aromatic N) is 2. The van der Waals surface area contributed by atoms with Crippen molar-refractivity contribution in [1.82, 2.24) is 9.99 Å². The maximum absolute atomic E-state index is 5.43. The summed E-state index contributed by atoms with van der Waals surface area (Å²) in [5, 5.41) is 4.74. The van der Waals surface area contributed by atoms with E-state index in [2.05, 4.69) is 4.98 Å². The molecule has 0 atom stereocenters. The van der Waals surface area contributed by atoms with E-state index in [0.717, 1.165) is 17.2 Å². The standard InChI is InChI=1S/C6H11N3S/c1-5-8-6(4-10-5)3-9(2)7/h4H,3,7H2,1-2H3. The molecule has 3 nitrogen and oxygen atoms in total. The first kappa shape index (κ1) is 7.65. The first-order valence-corrected chi connectivity index (χ1v) is 3.93. The van der Waals surface area contributed by atoms with E-state index >= 15 is 0 Å². The van der Waals surface area contributed by atoms with Gasteiger partial charge in [0.15, 0.2) is 0 Å². The lowest BCUT2D eigenvalue weighted by Crippen LogP contribution is -2.25. The van der Waals surface area contributed by atoms with E-state index in [0.29, 0.717) is 0 Å². The topological polar surface area (TPSA) is 42.2 Å². The Morgan fingerprint density at radius 2 is 2.50 bits per heavy atom. The minimum Gasteiger partial charge on any atom is -0.269 e. The van der Waals surface area contributed by atoms with Crippen LogP contribution in [0.15, 0.2) is 5.38 Å². The van der Waals surface area contributed by atoms with E-state index in [1.54, 1.807) is 16.3 Å². The Balaban J connectivity index is 2.58. The third-order valence-corrected chi connectivity index (χ3v) is 1.90. The zero-order chi connectivity index (χ0) is 7.56. The van der Waals surface area contributed by atoms with Crippen molar-refractivity contribution >= 4 is 11.3 Å². The lowest BCUT2D eigenvalue weighted by Gasteiger charge is -2.04. The third-order valence-electron chi connectivity index (χ3n) is 1.08. The number of rotatable bonds is 2. The summed E-state index contributed by atoms with van der Waals surface area (Å²) >= 11 is 1.65. The van der Waals surface area contributed by atoms with Crippen LogP contribution in [0.4, 0.5) is 0 Å². The van der Waals surface area contributed by atoms with Gasteiger partial charge in [-0.1, -0.05) is 0 Å². The maximum atomic E-state index is 5.43. The highest BCUT2D eigenvalue weighted by molar-refractivity contribution is 7.09. The highest BCUT2D eigenvalue weighted by atomic mass is 32.1. The fourth-order valence-corrected chi connectivity index (χ4v) is 1.34. The van der Waals surface area contributed by atoms with Crippen molar-refractivity contribution in [2.75, 3.05) is 7.05 Å². The van der Waals surface area contributed by atoms with Crippen molar-refractivity contribution in [3.63, 3.8) is 0 Å². The van der Waals surface area contributed by atoms with Gasteiger partial charge in [-0.3, -0.25) is 5.84 Å². The SMILES string of the molecule is Cc1nc(CN(C)N)cs1. The molecule has 0 radical (unpaired) electrons. The van der Waals surface area contributed by atoms with E-state index in [4.69, 9.17) is 5.84 Å². The van der Waals surface area contributed by atoms with Crippen molar-refractivity contribution in [2.24, 2.45) is 5.84 Å². The summed E-state index contributed by atoms with van der Waals surface area (Å²) in [5.74, 6) is 5.43. The number of aryl methyl sites for hydroxylation is 1. The van der Waals surface area contributed by atoms with Crippen LogP contribution in [-0.4, -0.2) is 17.0 Å². The van der Waals surface area contributed by atoms with E-state index in [-0.39, 0.29) is 0 Å². The predicted octanol–water partition coefficient (Wildman–Crippen LogP) is 0.757. The largest absolute Gasteiger partial charge is 0.269 e. The van der Waals surface area contributed by atoms with Crippen LogP contribution in [0.2, 0.25) is 0 Å². The van der Waals surface area contributed by atoms with Gasteiger partial charge >= 0.3 is 0 Å². The van der Waals surface area contributed by atoms with Gasteiger partial charge in [-0.2, -0.15) is 0 Å². The molecular formula is C6H11N3S. The lowest BCUT2D eigenvalue weighted by molar-refractivity contribution is 0.338. The maximum Gasteiger partial charge on any atom is 0.0897 e. The highest BCUT2D eigenvalue weighted by Gasteiger charge is 1.98. The van der Waals surface area contributed by atoms with E-state index in [1.807, 2.05) is 19.4 Å². The Hall–Kier alpha value is -0.450. The van der Waals surface area contributed by atoms with Gasteiger partial charge in [0.1, 0.15) is 0 Å². The normalized spacial score (nSPS) is 10.8. The van der Waals surface area contributed by atoms with Crippen molar-refractivity contribution in [2.45, 2.75) is 13.5 Å². The van der Waals surface area contributed by atoms with Crippen molar-refractivity contribution < 1.29 is 0 Å². The van der Waals surface area contributed by atoms with E-state index in [1.165, 1.54) is 0 Å². The van der Waals surface area contributed by atoms with Crippen LogP contribution in [0, 0.1) is 6.92 Å². The molecular weight excluding hydrogens is 146 g/mol.